The van der Waals surface area contributed by atoms with E-state index in [4.69, 9.17) is 5.73 Å². The van der Waals surface area contributed by atoms with E-state index in [1.54, 1.807) is 6.07 Å². The van der Waals surface area contributed by atoms with Crippen molar-refractivity contribution < 1.29 is 13.6 Å². The lowest BCUT2D eigenvalue weighted by molar-refractivity contribution is 0.0995. The lowest BCUT2D eigenvalue weighted by Gasteiger charge is -2.36. The number of nitrogens with one attached hydrogen (secondary N) is 1. The first-order valence-electron chi connectivity index (χ1n) is 8.00. The Hall–Kier alpha value is -2.28. The first-order chi connectivity index (χ1) is 11.5. The first-order valence-corrected chi connectivity index (χ1v) is 8.00. The number of primary amides is 1. The molecule has 0 bridgehead atoms. The molecule has 128 valence electrons. The molecule has 2 atom stereocenters. The Morgan fingerprint density at radius 3 is 2.88 bits per heavy atom. The third-order valence-electron chi connectivity index (χ3n) is 4.70. The van der Waals surface area contributed by atoms with Gasteiger partial charge in [0.05, 0.1) is 0 Å². The summed E-state index contributed by atoms with van der Waals surface area (Å²) in [4.78, 5) is 13.3. The van der Waals surface area contributed by atoms with Crippen molar-refractivity contribution in [3.8, 4) is 0 Å². The number of aromatic nitrogens is 2. The SMILES string of the molecule is C[C@@H](c1ccc(F)cc1F)N1CCC[C@H](c2cc(C(N)=O)n[nH]2)C1. The van der Waals surface area contributed by atoms with Gasteiger partial charge in [-0.1, -0.05) is 6.07 Å². The largest absolute Gasteiger partial charge is 0.364 e. The van der Waals surface area contributed by atoms with Crippen molar-refractivity contribution in [1.29, 1.82) is 0 Å². The molecule has 0 spiro atoms. The summed E-state index contributed by atoms with van der Waals surface area (Å²) in [6.07, 6.45) is 1.90. The molecule has 0 unspecified atom stereocenters. The summed E-state index contributed by atoms with van der Waals surface area (Å²) in [6, 6.07) is 5.22. The molecule has 3 N–H and O–H groups in total. The van der Waals surface area contributed by atoms with Gasteiger partial charge in [0.1, 0.15) is 17.3 Å². The minimum absolute atomic E-state index is 0.160. The number of aromatic amines is 1. The second-order valence-corrected chi connectivity index (χ2v) is 6.25. The summed E-state index contributed by atoms with van der Waals surface area (Å²) in [5.41, 5.74) is 6.80. The van der Waals surface area contributed by atoms with Crippen molar-refractivity contribution in [3.05, 3.63) is 52.9 Å². The molecule has 3 rings (SSSR count). The van der Waals surface area contributed by atoms with Gasteiger partial charge in [-0.05, 0) is 38.4 Å². The number of nitrogens with zero attached hydrogens (tertiary/aromatic N) is 2. The number of piperidine rings is 1. The number of amides is 1. The Balaban J connectivity index is 1.75. The molecule has 1 amide bonds. The molecular weight excluding hydrogens is 314 g/mol. The molecule has 5 nitrogen and oxygen atoms in total. The van der Waals surface area contributed by atoms with Gasteiger partial charge in [0, 0.05) is 35.8 Å². The predicted molar refractivity (Wildman–Crippen MR) is 85.4 cm³/mol. The van der Waals surface area contributed by atoms with Crippen molar-refractivity contribution in [2.24, 2.45) is 5.73 Å². The summed E-state index contributed by atoms with van der Waals surface area (Å²) >= 11 is 0. The zero-order chi connectivity index (χ0) is 17.3. The van der Waals surface area contributed by atoms with E-state index in [1.807, 2.05) is 6.92 Å². The highest BCUT2D eigenvalue weighted by molar-refractivity contribution is 5.90. The summed E-state index contributed by atoms with van der Waals surface area (Å²) in [5, 5.41) is 6.80. The van der Waals surface area contributed by atoms with E-state index in [1.165, 1.54) is 12.1 Å². The number of nitrogens with two attached hydrogens (primary N) is 1. The third kappa shape index (κ3) is 3.31. The lowest BCUT2D eigenvalue weighted by atomic mass is 9.92. The molecule has 1 aromatic carbocycles. The van der Waals surface area contributed by atoms with Crippen LogP contribution < -0.4 is 5.73 Å². The van der Waals surface area contributed by atoms with Crippen LogP contribution in [0.1, 0.15) is 53.5 Å². The zero-order valence-electron chi connectivity index (χ0n) is 13.4. The van der Waals surface area contributed by atoms with E-state index in [-0.39, 0.29) is 17.7 Å². The molecule has 0 saturated carbocycles. The number of H-pyrrole nitrogens is 1. The third-order valence-corrected chi connectivity index (χ3v) is 4.70. The molecule has 1 aliphatic rings. The number of halogens is 2. The molecule has 1 saturated heterocycles. The number of hydrogen-bond donors (Lipinski definition) is 2. The summed E-state index contributed by atoms with van der Waals surface area (Å²) < 4.78 is 27.1. The predicted octanol–water partition coefficient (Wildman–Crippen LogP) is 2.73. The van der Waals surface area contributed by atoms with Crippen LogP contribution in [0, 0.1) is 11.6 Å². The summed E-state index contributed by atoms with van der Waals surface area (Å²) in [6.45, 7) is 3.46. The maximum atomic E-state index is 14.0. The molecule has 0 aliphatic carbocycles. The molecule has 24 heavy (non-hydrogen) atoms. The second-order valence-electron chi connectivity index (χ2n) is 6.25. The van der Waals surface area contributed by atoms with Crippen molar-refractivity contribution >= 4 is 5.91 Å². The van der Waals surface area contributed by atoms with Crippen molar-refractivity contribution in [2.75, 3.05) is 13.1 Å². The van der Waals surface area contributed by atoms with Crippen LogP contribution in [-0.4, -0.2) is 34.1 Å². The van der Waals surface area contributed by atoms with Gasteiger partial charge in [-0.15, -0.1) is 0 Å². The van der Waals surface area contributed by atoms with Gasteiger partial charge in [0.25, 0.3) is 5.91 Å². The normalized spacial score (nSPS) is 20.0. The highest BCUT2D eigenvalue weighted by Gasteiger charge is 2.28. The Labute approximate surface area is 138 Å². The van der Waals surface area contributed by atoms with Crippen LogP contribution in [0.3, 0.4) is 0 Å². The van der Waals surface area contributed by atoms with Crippen LogP contribution in [0.2, 0.25) is 0 Å². The Kier molecular flexibility index (Phi) is 4.62. The average Bonchev–Trinajstić information content (AvgIpc) is 3.05. The van der Waals surface area contributed by atoms with Crippen LogP contribution in [0.25, 0.3) is 0 Å². The van der Waals surface area contributed by atoms with Crippen LogP contribution in [0.4, 0.5) is 8.78 Å². The van der Waals surface area contributed by atoms with Gasteiger partial charge >= 0.3 is 0 Å². The van der Waals surface area contributed by atoms with Gasteiger partial charge in [-0.2, -0.15) is 5.10 Å². The Morgan fingerprint density at radius 2 is 2.21 bits per heavy atom. The van der Waals surface area contributed by atoms with E-state index in [0.29, 0.717) is 12.1 Å². The number of likely N-dealkylation sites (tertiary alicyclic amines) is 1. The zero-order valence-corrected chi connectivity index (χ0v) is 13.4. The van der Waals surface area contributed by atoms with Crippen LogP contribution in [-0.2, 0) is 0 Å². The molecule has 7 heteroatoms. The maximum absolute atomic E-state index is 14.0. The second kappa shape index (κ2) is 6.68. The van der Waals surface area contributed by atoms with Crippen LogP contribution in [0.5, 0.6) is 0 Å². The fraction of sp³-hybridized carbons (Fsp3) is 0.412. The van der Waals surface area contributed by atoms with Gasteiger partial charge < -0.3 is 5.73 Å². The van der Waals surface area contributed by atoms with Crippen LogP contribution >= 0.6 is 0 Å². The summed E-state index contributed by atoms with van der Waals surface area (Å²) in [5.74, 6) is -1.49. The average molecular weight is 334 g/mol. The minimum atomic E-state index is -0.573. The number of carbonyl (C=O) groups is 1. The van der Waals surface area contributed by atoms with Crippen molar-refractivity contribution in [1.82, 2.24) is 15.1 Å². The fourth-order valence-electron chi connectivity index (χ4n) is 3.32. The standard InChI is InChI=1S/C17H20F2N4O/c1-10(13-5-4-12(18)7-14(13)19)23-6-2-3-11(9-23)15-8-16(17(20)24)22-21-15/h4-5,7-8,10-11H,2-3,6,9H2,1H3,(H2,20,24)(H,21,22)/t10-,11-/m0/s1. The molecule has 1 aliphatic heterocycles. The van der Waals surface area contributed by atoms with E-state index in [0.717, 1.165) is 31.1 Å². The quantitative estimate of drug-likeness (QED) is 0.903. The maximum Gasteiger partial charge on any atom is 0.269 e. The molecule has 1 fully saturated rings. The molecule has 1 aromatic heterocycles. The number of carbonyl (C=O) groups excluding carboxylic acids is 1. The first kappa shape index (κ1) is 16.6. The van der Waals surface area contributed by atoms with Gasteiger partial charge in [-0.25, -0.2) is 8.78 Å². The number of benzene rings is 1. The summed E-state index contributed by atoms with van der Waals surface area (Å²) in [7, 11) is 0. The van der Waals surface area contributed by atoms with Crippen molar-refractivity contribution in [2.45, 2.75) is 31.7 Å². The monoisotopic (exact) mass is 334 g/mol. The number of rotatable bonds is 4. The van der Waals surface area contributed by atoms with E-state index >= 15 is 0 Å². The molecule has 2 aromatic rings. The van der Waals surface area contributed by atoms with E-state index in [2.05, 4.69) is 15.1 Å². The smallest absolute Gasteiger partial charge is 0.269 e. The highest BCUT2D eigenvalue weighted by atomic mass is 19.1. The number of hydrogen-bond acceptors (Lipinski definition) is 3. The van der Waals surface area contributed by atoms with Gasteiger partial charge in [0.15, 0.2) is 0 Å². The fourth-order valence-corrected chi connectivity index (χ4v) is 3.32. The molecular formula is C17H20F2N4O. The molecule has 0 radical (unpaired) electrons. The minimum Gasteiger partial charge on any atom is -0.364 e. The Morgan fingerprint density at radius 1 is 1.42 bits per heavy atom. The van der Waals surface area contributed by atoms with E-state index in [9.17, 15) is 13.6 Å². The molecule has 2 heterocycles. The van der Waals surface area contributed by atoms with Crippen LogP contribution in [0.15, 0.2) is 24.3 Å². The topological polar surface area (TPSA) is 75.0 Å². The van der Waals surface area contributed by atoms with E-state index < -0.39 is 17.5 Å². The lowest BCUT2D eigenvalue weighted by Crippen LogP contribution is -2.36. The highest BCUT2D eigenvalue weighted by Crippen LogP contribution is 2.32. The Bertz CT molecular complexity index is 746. The van der Waals surface area contributed by atoms with Gasteiger partial charge in [-0.3, -0.25) is 14.8 Å². The van der Waals surface area contributed by atoms with Crippen molar-refractivity contribution in [3.63, 3.8) is 0 Å². The van der Waals surface area contributed by atoms with Gasteiger partial charge in [0.2, 0.25) is 0 Å².